The van der Waals surface area contributed by atoms with Crippen molar-refractivity contribution in [3.8, 4) is 0 Å². The number of hydrogen-bond donors (Lipinski definition) is 1. The van der Waals surface area contributed by atoms with Gasteiger partial charge < -0.3 is 10.1 Å². The van der Waals surface area contributed by atoms with Gasteiger partial charge in [-0.25, -0.2) is 0 Å². The molecule has 0 aromatic heterocycles. The molecule has 0 unspecified atom stereocenters. The molecule has 2 aromatic carbocycles. The normalized spacial score (nSPS) is 13.0. The van der Waals surface area contributed by atoms with Crippen LogP contribution < -0.4 is 5.32 Å². The van der Waals surface area contributed by atoms with Gasteiger partial charge in [0.2, 0.25) is 0 Å². The lowest BCUT2D eigenvalue weighted by Crippen LogP contribution is -2.33. The van der Waals surface area contributed by atoms with Crippen LogP contribution in [-0.4, -0.2) is 35.0 Å². The zero-order valence-electron chi connectivity index (χ0n) is 13.4. The highest BCUT2D eigenvalue weighted by Gasteiger charge is 2.35. The van der Waals surface area contributed by atoms with Crippen LogP contribution in [0.1, 0.15) is 26.3 Å². The Morgan fingerprint density at radius 1 is 1.12 bits per heavy atom. The third-order valence-corrected chi connectivity index (χ3v) is 4.70. The molecule has 0 atom stereocenters. The van der Waals surface area contributed by atoms with Crippen molar-refractivity contribution < 1.29 is 14.3 Å². The van der Waals surface area contributed by atoms with Crippen molar-refractivity contribution in [2.75, 3.05) is 18.5 Å². The van der Waals surface area contributed by atoms with Crippen molar-refractivity contribution >= 4 is 57.5 Å². The van der Waals surface area contributed by atoms with Gasteiger partial charge in [0.1, 0.15) is 6.61 Å². The van der Waals surface area contributed by atoms with Crippen LogP contribution in [0.4, 0.5) is 5.69 Å². The summed E-state index contributed by atoms with van der Waals surface area (Å²) in [6, 6.07) is 12.9. The number of benzene rings is 2. The highest BCUT2D eigenvalue weighted by Crippen LogP contribution is 2.23. The smallest absolute Gasteiger partial charge is 0.261 e. The molecule has 2 aromatic rings. The maximum atomic E-state index is 12.4. The van der Waals surface area contributed by atoms with Gasteiger partial charge in [-0.15, -0.1) is 0 Å². The molecular weight excluding hydrogens is 451 g/mol. The fourth-order valence-corrected chi connectivity index (χ4v) is 3.09. The highest BCUT2D eigenvalue weighted by atomic mass is 127. The van der Waals surface area contributed by atoms with E-state index in [1.807, 2.05) is 37.3 Å². The number of nitrogens with zero attached hydrogens (tertiary/aromatic N) is 1. The summed E-state index contributed by atoms with van der Waals surface area (Å²) in [5.74, 6) is -0.580. The number of halogens is 1. The first kappa shape index (κ1) is 17.8. The topological polar surface area (TPSA) is 58.6 Å². The van der Waals surface area contributed by atoms with Crippen LogP contribution in [0, 0.1) is 10.5 Å². The van der Waals surface area contributed by atoms with Crippen molar-refractivity contribution in [3.05, 3.63) is 62.7 Å². The predicted octanol–water partition coefficient (Wildman–Crippen LogP) is 3.61. The second kappa shape index (κ2) is 7.49. The van der Waals surface area contributed by atoms with E-state index in [2.05, 4.69) is 27.9 Å². The number of ether oxygens (including phenoxy) is 1. The van der Waals surface area contributed by atoms with E-state index in [1.165, 1.54) is 4.90 Å². The summed E-state index contributed by atoms with van der Waals surface area (Å²) < 4.78 is 6.55. The largest absolute Gasteiger partial charge is 0.469 e. The van der Waals surface area contributed by atoms with Crippen LogP contribution in [0.3, 0.4) is 0 Å². The average Bonchev–Trinajstić information content (AvgIpc) is 2.81. The van der Waals surface area contributed by atoms with Crippen LogP contribution in [0.25, 0.3) is 0 Å². The third-order valence-electron chi connectivity index (χ3n) is 3.76. The minimum absolute atomic E-state index is 0.140. The first-order valence-electron chi connectivity index (χ1n) is 7.62. The standard InChI is InChI=1S/C18H15IN2O3S/c1-11-2-7-14-15(10-11)17(23)21(16(14)22)8-9-24-18(25)20-13-5-3-12(19)4-6-13/h2-7,10H,8-9H2,1H3,(H,20,25). The molecule has 0 saturated heterocycles. The quantitative estimate of drug-likeness (QED) is 0.424. The van der Waals surface area contributed by atoms with E-state index in [0.717, 1.165) is 14.8 Å². The SMILES string of the molecule is Cc1ccc2c(c1)C(=O)N(CCOC(=S)Nc1ccc(I)cc1)C2=O. The summed E-state index contributed by atoms with van der Waals surface area (Å²) in [4.78, 5) is 25.9. The van der Waals surface area contributed by atoms with Crippen LogP contribution >= 0.6 is 34.8 Å². The molecule has 0 saturated carbocycles. The van der Waals surface area contributed by atoms with Gasteiger partial charge in [-0.1, -0.05) is 11.6 Å². The van der Waals surface area contributed by atoms with E-state index in [9.17, 15) is 9.59 Å². The number of rotatable bonds is 4. The number of aryl methyl sites for hydroxylation is 1. The molecule has 0 radical (unpaired) electrons. The number of anilines is 1. The summed E-state index contributed by atoms with van der Waals surface area (Å²) in [5.41, 5.74) is 2.65. The summed E-state index contributed by atoms with van der Waals surface area (Å²) in [7, 11) is 0. The second-order valence-electron chi connectivity index (χ2n) is 5.58. The Bertz CT molecular complexity index is 852. The van der Waals surface area contributed by atoms with Gasteiger partial charge in [-0.3, -0.25) is 14.5 Å². The van der Waals surface area contributed by atoms with Gasteiger partial charge in [-0.2, -0.15) is 0 Å². The van der Waals surface area contributed by atoms with Gasteiger partial charge in [-0.05, 0) is 78.1 Å². The van der Waals surface area contributed by atoms with E-state index in [1.54, 1.807) is 12.1 Å². The lowest BCUT2D eigenvalue weighted by atomic mass is 10.1. The molecule has 25 heavy (non-hydrogen) atoms. The Balaban J connectivity index is 1.54. The Labute approximate surface area is 164 Å². The van der Waals surface area contributed by atoms with Gasteiger partial charge in [0.15, 0.2) is 0 Å². The first-order valence-corrected chi connectivity index (χ1v) is 9.10. The number of imide groups is 1. The second-order valence-corrected chi connectivity index (χ2v) is 7.20. The predicted molar refractivity (Wildman–Crippen MR) is 108 cm³/mol. The summed E-state index contributed by atoms with van der Waals surface area (Å²) in [5, 5.41) is 3.16. The molecule has 5 nitrogen and oxygen atoms in total. The molecule has 1 heterocycles. The van der Waals surface area contributed by atoms with Gasteiger partial charge >= 0.3 is 0 Å². The molecule has 1 aliphatic rings. The maximum Gasteiger partial charge on any atom is 0.261 e. The average molecular weight is 466 g/mol. The van der Waals surface area contributed by atoms with Crippen molar-refractivity contribution in [2.24, 2.45) is 0 Å². The number of fused-ring (bicyclic) bond motifs is 1. The van der Waals surface area contributed by atoms with E-state index >= 15 is 0 Å². The summed E-state index contributed by atoms with van der Waals surface area (Å²) in [6.45, 7) is 2.18. The summed E-state index contributed by atoms with van der Waals surface area (Å²) in [6.07, 6.45) is 0. The Kier molecular flexibility index (Phi) is 5.33. The Morgan fingerprint density at radius 3 is 2.52 bits per heavy atom. The third kappa shape index (κ3) is 3.98. The molecule has 0 spiro atoms. The fourth-order valence-electron chi connectivity index (χ4n) is 2.52. The van der Waals surface area contributed by atoms with E-state index in [4.69, 9.17) is 17.0 Å². The van der Waals surface area contributed by atoms with Gasteiger partial charge in [0.25, 0.3) is 17.0 Å². The van der Waals surface area contributed by atoms with E-state index in [0.29, 0.717) is 11.1 Å². The number of thiocarbonyl (C=S) groups is 1. The molecule has 1 aliphatic heterocycles. The number of carbonyl (C=O) groups excluding carboxylic acids is 2. The van der Waals surface area contributed by atoms with Crippen LogP contribution in [0.15, 0.2) is 42.5 Å². The Morgan fingerprint density at radius 2 is 1.80 bits per heavy atom. The van der Waals surface area contributed by atoms with Gasteiger partial charge in [0, 0.05) is 9.26 Å². The maximum absolute atomic E-state index is 12.4. The van der Waals surface area contributed by atoms with Crippen LogP contribution in [-0.2, 0) is 4.74 Å². The fraction of sp³-hybridized carbons (Fsp3) is 0.167. The van der Waals surface area contributed by atoms with Crippen LogP contribution in [0.2, 0.25) is 0 Å². The minimum atomic E-state index is -0.292. The van der Waals surface area contributed by atoms with Crippen LogP contribution in [0.5, 0.6) is 0 Å². The molecule has 1 N–H and O–H groups in total. The molecule has 3 rings (SSSR count). The Hall–Kier alpha value is -2.00. The molecule has 0 bridgehead atoms. The minimum Gasteiger partial charge on any atom is -0.469 e. The molecule has 128 valence electrons. The van der Waals surface area contributed by atoms with E-state index < -0.39 is 0 Å². The molecule has 7 heteroatoms. The lowest BCUT2D eigenvalue weighted by molar-refractivity contribution is 0.0629. The lowest BCUT2D eigenvalue weighted by Gasteiger charge is -2.15. The first-order chi connectivity index (χ1) is 12.0. The number of carbonyl (C=O) groups is 2. The highest BCUT2D eigenvalue weighted by molar-refractivity contribution is 14.1. The zero-order chi connectivity index (χ0) is 18.0. The molecule has 2 amide bonds. The van der Waals surface area contributed by atoms with Gasteiger partial charge in [0.05, 0.1) is 17.7 Å². The summed E-state index contributed by atoms with van der Waals surface area (Å²) >= 11 is 7.35. The van der Waals surface area contributed by atoms with Crippen molar-refractivity contribution in [2.45, 2.75) is 6.92 Å². The monoisotopic (exact) mass is 466 g/mol. The molecular formula is C18H15IN2O3S. The zero-order valence-corrected chi connectivity index (χ0v) is 16.4. The molecule has 0 aliphatic carbocycles. The van der Waals surface area contributed by atoms with Crippen molar-refractivity contribution in [3.63, 3.8) is 0 Å². The van der Waals surface area contributed by atoms with Crippen molar-refractivity contribution in [1.82, 2.24) is 4.90 Å². The van der Waals surface area contributed by atoms with E-state index in [-0.39, 0.29) is 30.1 Å². The molecule has 0 fully saturated rings. The van der Waals surface area contributed by atoms with Crippen molar-refractivity contribution in [1.29, 1.82) is 0 Å². The number of nitrogens with one attached hydrogen (secondary N) is 1. The number of hydrogen-bond acceptors (Lipinski definition) is 4. The number of amides is 2.